The largest absolute Gasteiger partial charge is 0.493 e. The summed E-state index contributed by atoms with van der Waals surface area (Å²) in [5, 5.41) is 7.84. The lowest BCUT2D eigenvalue weighted by atomic mass is 10.2. The Bertz CT molecular complexity index is 2000. The van der Waals surface area contributed by atoms with Crippen LogP contribution in [0.2, 0.25) is 10.0 Å². The minimum absolute atomic E-state index is 0.0279. The summed E-state index contributed by atoms with van der Waals surface area (Å²) in [5.74, 6) is 3.05. The fraction of sp³-hybridized carbons (Fsp3) is 0.243. The monoisotopic (exact) mass is 770 g/mol. The number of hydrogen-bond acceptors (Lipinski definition) is 10. The van der Waals surface area contributed by atoms with E-state index in [9.17, 15) is 8.78 Å². The van der Waals surface area contributed by atoms with Crippen LogP contribution in [-0.4, -0.2) is 53.2 Å². The third kappa shape index (κ3) is 9.69. The lowest BCUT2D eigenvalue weighted by molar-refractivity contribution is 0.289. The summed E-state index contributed by atoms with van der Waals surface area (Å²) >= 11 is 17.4. The highest BCUT2D eigenvalue weighted by Crippen LogP contribution is 2.36. The summed E-state index contributed by atoms with van der Waals surface area (Å²) in [6, 6.07) is 16.0. The van der Waals surface area contributed by atoms with Gasteiger partial charge in [-0.1, -0.05) is 36.5 Å². The third-order valence-electron chi connectivity index (χ3n) is 7.50. The number of anilines is 4. The van der Waals surface area contributed by atoms with E-state index in [0.717, 1.165) is 23.6 Å². The van der Waals surface area contributed by atoms with E-state index in [4.69, 9.17) is 53.8 Å². The van der Waals surface area contributed by atoms with Gasteiger partial charge in [0.15, 0.2) is 23.0 Å². The van der Waals surface area contributed by atoms with E-state index < -0.39 is 11.6 Å². The van der Waals surface area contributed by atoms with Crippen molar-refractivity contribution in [2.75, 3.05) is 43.9 Å². The van der Waals surface area contributed by atoms with Gasteiger partial charge in [-0.2, -0.15) is 0 Å². The number of aromatic nitrogens is 4. The van der Waals surface area contributed by atoms with Gasteiger partial charge in [-0.25, -0.2) is 28.7 Å². The van der Waals surface area contributed by atoms with Crippen molar-refractivity contribution < 1.29 is 27.7 Å². The molecule has 4 aromatic carbocycles. The fourth-order valence-corrected chi connectivity index (χ4v) is 5.33. The second-order valence-corrected chi connectivity index (χ2v) is 12.3. The van der Waals surface area contributed by atoms with Gasteiger partial charge in [0.1, 0.15) is 35.9 Å². The van der Waals surface area contributed by atoms with Gasteiger partial charge in [0.05, 0.1) is 48.5 Å². The minimum atomic E-state index is -0.482. The SMILES string of the molecule is CCCCOc1cc2c(Nc3ccc(F)c(Cl)c3)ncnc2cc1OC.COc1cc2ncnc(Nc3ccc(F)c(Cl)c3)c2cc1OCCCCl. The van der Waals surface area contributed by atoms with Crippen LogP contribution in [0.3, 0.4) is 0 Å². The van der Waals surface area contributed by atoms with Crippen LogP contribution in [0, 0.1) is 11.6 Å². The van der Waals surface area contributed by atoms with Crippen LogP contribution in [0.15, 0.2) is 73.3 Å². The number of methoxy groups -OCH3 is 2. The molecule has 0 atom stereocenters. The molecule has 0 bridgehead atoms. The zero-order chi connectivity index (χ0) is 37.0. The van der Waals surface area contributed by atoms with E-state index in [1.807, 2.05) is 6.07 Å². The summed E-state index contributed by atoms with van der Waals surface area (Å²) in [6.07, 6.45) is 5.59. The van der Waals surface area contributed by atoms with Crippen LogP contribution in [0.1, 0.15) is 26.2 Å². The van der Waals surface area contributed by atoms with Gasteiger partial charge in [0.25, 0.3) is 0 Å². The normalized spacial score (nSPS) is 10.8. The van der Waals surface area contributed by atoms with Crippen molar-refractivity contribution in [1.82, 2.24) is 19.9 Å². The molecular weight excluding hydrogens is 737 g/mol. The number of hydrogen-bond donors (Lipinski definition) is 2. The zero-order valence-corrected chi connectivity index (χ0v) is 30.8. The van der Waals surface area contributed by atoms with E-state index in [2.05, 4.69) is 37.5 Å². The molecule has 6 rings (SSSR count). The predicted molar refractivity (Wildman–Crippen MR) is 203 cm³/mol. The van der Waals surface area contributed by atoms with Gasteiger partial charge < -0.3 is 29.6 Å². The van der Waals surface area contributed by atoms with Crippen molar-refractivity contribution in [3.8, 4) is 23.0 Å². The number of fused-ring (bicyclic) bond motifs is 2. The highest BCUT2D eigenvalue weighted by molar-refractivity contribution is 6.31. The first-order chi connectivity index (χ1) is 25.2. The van der Waals surface area contributed by atoms with Crippen molar-refractivity contribution in [2.24, 2.45) is 0 Å². The zero-order valence-electron chi connectivity index (χ0n) is 28.5. The molecule has 0 amide bonds. The molecule has 0 spiro atoms. The number of nitrogens with one attached hydrogen (secondary N) is 2. The lowest BCUT2D eigenvalue weighted by Crippen LogP contribution is -2.01. The van der Waals surface area contributed by atoms with Gasteiger partial charge in [-0.05, 0) is 61.4 Å². The number of alkyl halides is 1. The molecule has 15 heteroatoms. The van der Waals surface area contributed by atoms with Gasteiger partial charge in [-0.15, -0.1) is 11.6 Å². The Labute approximate surface area is 314 Å². The molecule has 0 aliphatic carbocycles. The molecule has 0 saturated carbocycles. The summed E-state index contributed by atoms with van der Waals surface area (Å²) in [7, 11) is 3.16. The molecule has 0 aliphatic rings. The molecule has 10 nitrogen and oxygen atoms in total. The summed E-state index contributed by atoms with van der Waals surface area (Å²) in [5.41, 5.74) is 2.62. The van der Waals surface area contributed by atoms with Crippen LogP contribution in [0.4, 0.5) is 31.8 Å². The van der Waals surface area contributed by atoms with Gasteiger partial charge in [0, 0.05) is 40.2 Å². The molecule has 0 fully saturated rings. The quantitative estimate of drug-likeness (QED) is 0.0820. The van der Waals surface area contributed by atoms with E-state index in [-0.39, 0.29) is 10.0 Å². The highest BCUT2D eigenvalue weighted by Gasteiger charge is 2.14. The highest BCUT2D eigenvalue weighted by atomic mass is 35.5. The van der Waals surface area contributed by atoms with E-state index >= 15 is 0 Å². The number of nitrogens with zero attached hydrogens (tertiary/aromatic N) is 4. The Hall–Kier alpha value is -4.91. The van der Waals surface area contributed by atoms with Crippen LogP contribution >= 0.6 is 34.8 Å². The summed E-state index contributed by atoms with van der Waals surface area (Å²) in [4.78, 5) is 17.1. The maximum absolute atomic E-state index is 13.4. The molecule has 2 heterocycles. The van der Waals surface area contributed by atoms with Crippen LogP contribution in [0.5, 0.6) is 23.0 Å². The standard InChI is InChI=1S/C19H19ClFN3O2.C18H16Cl2FN3O2/c1-3-4-7-26-18-9-13-16(10-17(18)25-2)22-11-23-19(13)24-12-5-6-15(21)14(20)8-12;1-25-16-9-15-12(8-17(16)26-6-2-5-19)18(23-10-22-15)24-11-3-4-14(21)13(20)7-11/h5-6,8-11H,3-4,7H2,1-2H3,(H,22,23,24);3-4,7-10H,2,5-6H2,1H3,(H,22,23,24). The molecule has 272 valence electrons. The third-order valence-corrected chi connectivity index (χ3v) is 8.34. The van der Waals surface area contributed by atoms with Gasteiger partial charge >= 0.3 is 0 Å². The van der Waals surface area contributed by atoms with Crippen LogP contribution in [-0.2, 0) is 0 Å². The first-order valence-electron chi connectivity index (χ1n) is 16.2. The van der Waals surface area contributed by atoms with Crippen LogP contribution in [0.25, 0.3) is 21.8 Å². The van der Waals surface area contributed by atoms with E-state index in [1.54, 1.807) is 44.6 Å². The minimum Gasteiger partial charge on any atom is -0.493 e. The summed E-state index contributed by atoms with van der Waals surface area (Å²) in [6.45, 7) is 3.17. The number of rotatable bonds is 14. The molecule has 2 aromatic heterocycles. The summed E-state index contributed by atoms with van der Waals surface area (Å²) < 4.78 is 49.1. The maximum atomic E-state index is 13.4. The average molecular weight is 772 g/mol. The Morgan fingerprint density at radius 1 is 0.615 bits per heavy atom. The van der Waals surface area contributed by atoms with Gasteiger partial charge in [0.2, 0.25) is 0 Å². The van der Waals surface area contributed by atoms with Crippen LogP contribution < -0.4 is 29.6 Å². The van der Waals surface area contributed by atoms with Crippen molar-refractivity contribution in [3.63, 3.8) is 0 Å². The first-order valence-corrected chi connectivity index (χ1v) is 17.4. The Morgan fingerprint density at radius 2 is 1.08 bits per heavy atom. The fourth-order valence-electron chi connectivity index (χ4n) is 4.86. The molecule has 2 N–H and O–H groups in total. The number of ether oxygens (including phenoxy) is 4. The Kier molecular flexibility index (Phi) is 13.7. The topological polar surface area (TPSA) is 113 Å². The molecule has 0 radical (unpaired) electrons. The molecule has 0 aliphatic heterocycles. The van der Waals surface area contributed by atoms with E-state index in [1.165, 1.54) is 36.9 Å². The molecule has 0 saturated heterocycles. The van der Waals surface area contributed by atoms with Crippen molar-refractivity contribution in [2.45, 2.75) is 26.2 Å². The number of halogens is 5. The first kappa shape index (κ1) is 38.3. The van der Waals surface area contributed by atoms with Crippen molar-refractivity contribution in [3.05, 3.63) is 95.0 Å². The Balaban J connectivity index is 0.000000201. The van der Waals surface area contributed by atoms with Crippen molar-refractivity contribution >= 4 is 79.6 Å². The number of unbranched alkanes of at least 4 members (excludes halogenated alkanes) is 1. The molecule has 52 heavy (non-hydrogen) atoms. The molecule has 0 unspecified atom stereocenters. The smallest absolute Gasteiger partial charge is 0.162 e. The lowest BCUT2D eigenvalue weighted by Gasteiger charge is -2.14. The van der Waals surface area contributed by atoms with E-state index in [0.29, 0.717) is 82.6 Å². The maximum Gasteiger partial charge on any atom is 0.162 e. The Morgan fingerprint density at radius 3 is 1.48 bits per heavy atom. The molecule has 6 aromatic rings. The molecular formula is C37H35Cl3F2N6O4. The average Bonchev–Trinajstić information content (AvgIpc) is 3.15. The van der Waals surface area contributed by atoms with Crippen molar-refractivity contribution in [1.29, 1.82) is 0 Å². The predicted octanol–water partition coefficient (Wildman–Crippen LogP) is 10.5. The number of benzene rings is 4. The second-order valence-electron chi connectivity index (χ2n) is 11.1. The second kappa shape index (κ2) is 18.5. The van der Waals surface area contributed by atoms with Gasteiger partial charge in [-0.3, -0.25) is 0 Å².